The number of morpholine rings is 1. The molecule has 1 fully saturated rings. The molecule has 1 unspecified atom stereocenters. The summed E-state index contributed by atoms with van der Waals surface area (Å²) in [4.78, 5) is 2.26. The van der Waals surface area contributed by atoms with Crippen LogP contribution in [0.2, 0.25) is 0 Å². The van der Waals surface area contributed by atoms with Gasteiger partial charge in [0.05, 0.1) is 6.61 Å². The molecule has 5 nitrogen and oxygen atoms in total. The first kappa shape index (κ1) is 11.4. The molecule has 3 N–H and O–H groups in total. The van der Waals surface area contributed by atoms with Crippen molar-refractivity contribution in [2.24, 2.45) is 5.73 Å². The van der Waals surface area contributed by atoms with Crippen molar-refractivity contribution in [2.75, 3.05) is 40.0 Å². The monoisotopic (exact) mass is 201 g/mol. The third kappa shape index (κ3) is 3.61. The average Bonchev–Trinajstić information content (AvgIpc) is 2.19. The van der Waals surface area contributed by atoms with Crippen LogP contribution in [0.3, 0.4) is 0 Å². The van der Waals surface area contributed by atoms with Gasteiger partial charge < -0.3 is 15.2 Å². The second-order valence-corrected chi connectivity index (χ2v) is 3.46. The number of nitrogens with two attached hydrogens (primary N) is 1. The molecule has 0 aliphatic carbocycles. The third-order valence-electron chi connectivity index (χ3n) is 2.32. The fraction of sp³-hybridized carbons (Fsp3) is 0.889. The topological polar surface area (TPSA) is 71.6 Å². The van der Waals surface area contributed by atoms with Crippen molar-refractivity contribution in [2.45, 2.75) is 12.5 Å². The molecule has 0 aromatic carbocycles. The van der Waals surface area contributed by atoms with Gasteiger partial charge in [0.25, 0.3) is 0 Å². The molecule has 1 heterocycles. The predicted molar refractivity (Wildman–Crippen MR) is 54.6 cm³/mol. The first-order chi connectivity index (χ1) is 6.74. The normalized spacial score (nSPS) is 23.6. The van der Waals surface area contributed by atoms with Crippen LogP contribution in [0.5, 0.6) is 0 Å². The highest BCUT2D eigenvalue weighted by molar-refractivity contribution is 5.82. The Hall–Kier alpha value is -0.650. The van der Waals surface area contributed by atoms with Gasteiger partial charge in [-0.2, -0.15) is 0 Å². The average molecular weight is 201 g/mol. The fourth-order valence-corrected chi connectivity index (χ4v) is 1.53. The van der Waals surface area contributed by atoms with E-state index in [0.29, 0.717) is 6.61 Å². The molecule has 0 bridgehead atoms. The number of hydrogen-bond donors (Lipinski definition) is 2. The van der Waals surface area contributed by atoms with Gasteiger partial charge in [0.15, 0.2) is 0 Å². The van der Waals surface area contributed by atoms with Gasteiger partial charge in [-0.1, -0.05) is 0 Å². The largest absolute Gasteiger partial charge is 0.385 e. The minimum atomic E-state index is -0.216. The molecule has 1 atom stereocenters. The summed E-state index contributed by atoms with van der Waals surface area (Å²) in [7, 11) is 1.71. The summed E-state index contributed by atoms with van der Waals surface area (Å²) < 4.78 is 10.3. The van der Waals surface area contributed by atoms with Gasteiger partial charge in [0.2, 0.25) is 0 Å². The third-order valence-corrected chi connectivity index (χ3v) is 2.32. The van der Waals surface area contributed by atoms with Crippen LogP contribution in [-0.2, 0) is 9.47 Å². The molecule has 1 saturated heterocycles. The molecule has 0 amide bonds. The zero-order valence-corrected chi connectivity index (χ0v) is 8.66. The molecule has 82 valence electrons. The highest BCUT2D eigenvalue weighted by Gasteiger charge is 2.21. The summed E-state index contributed by atoms with van der Waals surface area (Å²) in [6.07, 6.45) is 0.799. The molecular formula is C9H19N3O2. The number of ether oxygens (including phenoxy) is 2. The van der Waals surface area contributed by atoms with E-state index in [1.165, 1.54) is 0 Å². The van der Waals surface area contributed by atoms with E-state index in [-0.39, 0.29) is 11.9 Å². The Kier molecular flexibility index (Phi) is 4.86. The van der Waals surface area contributed by atoms with Crippen molar-refractivity contribution < 1.29 is 9.47 Å². The summed E-state index contributed by atoms with van der Waals surface area (Å²) in [6.45, 7) is 4.09. The lowest BCUT2D eigenvalue weighted by atomic mass is 10.2. The maximum absolute atomic E-state index is 7.29. The second kappa shape index (κ2) is 5.95. The predicted octanol–water partition coefficient (Wildman–Crippen LogP) is -0.340. The standard InChI is InChI=1S/C9H19N3O2/c1-13-5-2-3-12-4-6-14-8(7-12)9(10)11/h8H,2-7H2,1H3,(H3,10,11). The van der Waals surface area contributed by atoms with Gasteiger partial charge in [-0.15, -0.1) is 0 Å². The molecule has 0 saturated carbocycles. The molecule has 1 aliphatic rings. The lowest BCUT2D eigenvalue weighted by Gasteiger charge is -2.32. The van der Waals surface area contributed by atoms with Crippen LogP contribution >= 0.6 is 0 Å². The summed E-state index contributed by atoms with van der Waals surface area (Å²) in [5.41, 5.74) is 5.39. The molecule has 5 heteroatoms. The van der Waals surface area contributed by atoms with Crippen LogP contribution in [0.15, 0.2) is 0 Å². The lowest BCUT2D eigenvalue weighted by molar-refractivity contribution is 0.00309. The summed E-state index contributed by atoms with van der Waals surface area (Å²) in [5.74, 6) is 0.126. The van der Waals surface area contributed by atoms with Crippen molar-refractivity contribution in [1.82, 2.24) is 4.90 Å². The van der Waals surface area contributed by atoms with Gasteiger partial charge in [-0.05, 0) is 6.42 Å². The Balaban J connectivity index is 2.22. The van der Waals surface area contributed by atoms with E-state index in [1.54, 1.807) is 7.11 Å². The van der Waals surface area contributed by atoms with E-state index >= 15 is 0 Å². The quantitative estimate of drug-likeness (QED) is 0.362. The van der Waals surface area contributed by atoms with Crippen molar-refractivity contribution in [3.05, 3.63) is 0 Å². The van der Waals surface area contributed by atoms with Crippen molar-refractivity contribution in [3.63, 3.8) is 0 Å². The zero-order chi connectivity index (χ0) is 10.4. The Morgan fingerprint density at radius 3 is 3.14 bits per heavy atom. The molecule has 1 rings (SSSR count). The zero-order valence-electron chi connectivity index (χ0n) is 8.66. The first-order valence-electron chi connectivity index (χ1n) is 4.91. The Morgan fingerprint density at radius 2 is 2.50 bits per heavy atom. The smallest absolute Gasteiger partial charge is 0.127 e. The van der Waals surface area contributed by atoms with E-state index in [9.17, 15) is 0 Å². The van der Waals surface area contributed by atoms with Crippen molar-refractivity contribution in [1.29, 1.82) is 5.41 Å². The van der Waals surface area contributed by atoms with Gasteiger partial charge in [-0.25, -0.2) is 0 Å². The second-order valence-electron chi connectivity index (χ2n) is 3.46. The summed E-state index contributed by atoms with van der Waals surface area (Å²) >= 11 is 0. The summed E-state index contributed by atoms with van der Waals surface area (Å²) in [5, 5.41) is 7.29. The van der Waals surface area contributed by atoms with Crippen molar-refractivity contribution >= 4 is 5.84 Å². The lowest BCUT2D eigenvalue weighted by Crippen LogP contribution is -2.48. The first-order valence-corrected chi connectivity index (χ1v) is 4.91. The van der Waals surface area contributed by atoms with Gasteiger partial charge in [-0.3, -0.25) is 10.3 Å². The van der Waals surface area contributed by atoms with Gasteiger partial charge in [0.1, 0.15) is 11.9 Å². The molecule has 0 aromatic heterocycles. The molecular weight excluding hydrogens is 182 g/mol. The van der Waals surface area contributed by atoms with Crippen LogP contribution in [0.25, 0.3) is 0 Å². The fourth-order valence-electron chi connectivity index (χ4n) is 1.53. The van der Waals surface area contributed by atoms with Crippen LogP contribution < -0.4 is 5.73 Å². The maximum Gasteiger partial charge on any atom is 0.127 e. The highest BCUT2D eigenvalue weighted by Crippen LogP contribution is 2.05. The van der Waals surface area contributed by atoms with E-state index in [2.05, 4.69) is 4.90 Å². The molecule has 1 aliphatic heterocycles. The molecule has 0 spiro atoms. The van der Waals surface area contributed by atoms with Gasteiger partial charge >= 0.3 is 0 Å². The SMILES string of the molecule is COCCCN1CCOC(C(=N)N)C1. The minimum Gasteiger partial charge on any atom is -0.385 e. The van der Waals surface area contributed by atoms with Crippen LogP contribution in [0.4, 0.5) is 0 Å². The number of hydrogen-bond acceptors (Lipinski definition) is 4. The Morgan fingerprint density at radius 1 is 1.71 bits per heavy atom. The van der Waals surface area contributed by atoms with E-state index in [0.717, 1.165) is 32.7 Å². The van der Waals surface area contributed by atoms with Crippen LogP contribution in [-0.4, -0.2) is 56.8 Å². The minimum absolute atomic E-state index is 0.126. The van der Waals surface area contributed by atoms with Gasteiger partial charge in [0, 0.05) is 33.4 Å². The number of amidine groups is 1. The Bertz CT molecular complexity index is 187. The van der Waals surface area contributed by atoms with Crippen LogP contribution in [0.1, 0.15) is 6.42 Å². The maximum atomic E-state index is 7.29. The molecule has 14 heavy (non-hydrogen) atoms. The van der Waals surface area contributed by atoms with Crippen molar-refractivity contribution in [3.8, 4) is 0 Å². The van der Waals surface area contributed by atoms with E-state index in [1.807, 2.05) is 0 Å². The Labute approximate surface area is 84.7 Å². The van der Waals surface area contributed by atoms with Crippen LogP contribution in [0, 0.1) is 5.41 Å². The van der Waals surface area contributed by atoms with E-state index in [4.69, 9.17) is 20.6 Å². The molecule has 0 aromatic rings. The highest BCUT2D eigenvalue weighted by atomic mass is 16.5. The number of nitrogens with one attached hydrogen (secondary N) is 1. The number of nitrogens with zero attached hydrogens (tertiary/aromatic N) is 1. The number of methoxy groups -OCH3 is 1. The summed E-state index contributed by atoms with van der Waals surface area (Å²) in [6, 6.07) is 0. The number of rotatable bonds is 5. The molecule has 0 radical (unpaired) electrons. The van der Waals surface area contributed by atoms with E-state index < -0.39 is 0 Å².